The van der Waals surface area contributed by atoms with Crippen molar-refractivity contribution in [3.63, 3.8) is 0 Å². The molecule has 16 heavy (non-hydrogen) atoms. The van der Waals surface area contributed by atoms with Crippen LogP contribution in [0.25, 0.3) is 0 Å². The van der Waals surface area contributed by atoms with E-state index in [1.54, 1.807) is 0 Å². The predicted octanol–water partition coefficient (Wildman–Crippen LogP) is 1.64. The Balaban J connectivity index is 2.53. The minimum atomic E-state index is -0.571. The van der Waals surface area contributed by atoms with Gasteiger partial charge in [-0.2, -0.15) is 0 Å². The lowest BCUT2D eigenvalue weighted by atomic mass is 10.3. The Morgan fingerprint density at radius 1 is 1.56 bits per heavy atom. The van der Waals surface area contributed by atoms with Crippen LogP contribution in [0.15, 0.2) is 18.2 Å². The van der Waals surface area contributed by atoms with Crippen molar-refractivity contribution in [2.45, 2.75) is 0 Å². The molecule has 1 aromatic carbocycles. The van der Waals surface area contributed by atoms with Gasteiger partial charge < -0.3 is 5.32 Å². The van der Waals surface area contributed by atoms with Crippen LogP contribution >= 0.6 is 11.6 Å². The van der Waals surface area contributed by atoms with Crippen molar-refractivity contribution in [3.05, 3.63) is 29.0 Å². The van der Waals surface area contributed by atoms with Crippen LogP contribution in [0.4, 0.5) is 10.1 Å². The van der Waals surface area contributed by atoms with Gasteiger partial charge >= 0.3 is 0 Å². The van der Waals surface area contributed by atoms with E-state index in [4.69, 9.17) is 18.0 Å². The van der Waals surface area contributed by atoms with Gasteiger partial charge in [-0.05, 0) is 18.2 Å². The first kappa shape index (κ1) is 12.5. The van der Waals surface area contributed by atoms with E-state index < -0.39 is 5.82 Å². The summed E-state index contributed by atoms with van der Waals surface area (Å²) in [7, 11) is 0. The zero-order chi connectivity index (χ0) is 12.0. The zero-order valence-electron chi connectivity index (χ0n) is 8.39. The SMILES string of the molecule is C#CCNCC(=O)Nc1ccc(Cl)cc1F. The molecular weight excluding hydrogens is 231 g/mol. The number of rotatable bonds is 4. The highest BCUT2D eigenvalue weighted by Crippen LogP contribution is 2.18. The number of halogens is 2. The fraction of sp³-hybridized carbons (Fsp3) is 0.182. The van der Waals surface area contributed by atoms with Gasteiger partial charge in [0.2, 0.25) is 5.91 Å². The van der Waals surface area contributed by atoms with Crippen molar-refractivity contribution in [3.8, 4) is 12.3 Å². The summed E-state index contributed by atoms with van der Waals surface area (Å²) in [5.74, 6) is 1.39. The molecule has 0 spiro atoms. The lowest BCUT2D eigenvalue weighted by molar-refractivity contribution is -0.115. The molecular formula is C11H10ClFN2O. The van der Waals surface area contributed by atoms with Gasteiger partial charge in [0.25, 0.3) is 0 Å². The molecule has 1 amide bonds. The van der Waals surface area contributed by atoms with Crippen LogP contribution in [-0.2, 0) is 4.79 Å². The monoisotopic (exact) mass is 240 g/mol. The molecule has 0 saturated carbocycles. The van der Waals surface area contributed by atoms with Gasteiger partial charge in [0, 0.05) is 5.02 Å². The maximum absolute atomic E-state index is 13.2. The summed E-state index contributed by atoms with van der Waals surface area (Å²) in [6.07, 6.45) is 4.99. The number of terminal acetylenes is 1. The van der Waals surface area contributed by atoms with Crippen molar-refractivity contribution in [2.24, 2.45) is 0 Å². The lowest BCUT2D eigenvalue weighted by Gasteiger charge is -2.06. The van der Waals surface area contributed by atoms with Crippen molar-refractivity contribution >= 4 is 23.2 Å². The first-order chi connectivity index (χ1) is 7.63. The summed E-state index contributed by atoms with van der Waals surface area (Å²) in [6, 6.07) is 4.03. The van der Waals surface area contributed by atoms with E-state index in [9.17, 15) is 9.18 Å². The minimum Gasteiger partial charge on any atom is -0.322 e. The predicted molar refractivity (Wildman–Crippen MR) is 61.7 cm³/mol. The third kappa shape index (κ3) is 3.89. The number of benzene rings is 1. The van der Waals surface area contributed by atoms with Crippen LogP contribution in [0.5, 0.6) is 0 Å². The fourth-order valence-corrected chi connectivity index (χ4v) is 1.19. The maximum atomic E-state index is 13.2. The normalized spacial score (nSPS) is 9.56. The van der Waals surface area contributed by atoms with E-state index in [1.165, 1.54) is 12.1 Å². The maximum Gasteiger partial charge on any atom is 0.238 e. The highest BCUT2D eigenvalue weighted by atomic mass is 35.5. The van der Waals surface area contributed by atoms with Crippen molar-refractivity contribution in [1.29, 1.82) is 0 Å². The van der Waals surface area contributed by atoms with Gasteiger partial charge in [0.05, 0.1) is 18.8 Å². The molecule has 0 aliphatic heterocycles. The van der Waals surface area contributed by atoms with Crippen LogP contribution in [0, 0.1) is 18.2 Å². The molecule has 0 bridgehead atoms. The Bertz CT molecular complexity index is 428. The third-order valence-electron chi connectivity index (χ3n) is 1.72. The summed E-state index contributed by atoms with van der Waals surface area (Å²) in [4.78, 5) is 11.3. The molecule has 0 aromatic heterocycles. The second-order valence-electron chi connectivity index (χ2n) is 2.98. The highest BCUT2D eigenvalue weighted by molar-refractivity contribution is 6.30. The first-order valence-electron chi connectivity index (χ1n) is 4.52. The topological polar surface area (TPSA) is 41.1 Å². The molecule has 3 nitrogen and oxygen atoms in total. The molecule has 0 aliphatic rings. The van der Waals surface area contributed by atoms with Crippen LogP contribution < -0.4 is 10.6 Å². The van der Waals surface area contributed by atoms with Crippen molar-refractivity contribution in [2.75, 3.05) is 18.4 Å². The highest BCUT2D eigenvalue weighted by Gasteiger charge is 2.06. The van der Waals surface area contributed by atoms with Gasteiger partial charge in [0.15, 0.2) is 0 Å². The number of hydrogen-bond donors (Lipinski definition) is 2. The van der Waals surface area contributed by atoms with Gasteiger partial charge in [-0.15, -0.1) is 6.42 Å². The number of carbonyl (C=O) groups is 1. The standard InChI is InChI=1S/C11H10ClFN2O/c1-2-5-14-7-11(16)15-10-4-3-8(12)6-9(10)13/h1,3-4,6,14H,5,7H2,(H,15,16). The molecule has 0 saturated heterocycles. The Morgan fingerprint density at radius 3 is 2.94 bits per heavy atom. The molecule has 84 valence electrons. The van der Waals surface area contributed by atoms with Crippen LogP contribution in [0.1, 0.15) is 0 Å². The summed E-state index contributed by atoms with van der Waals surface area (Å²) < 4.78 is 13.2. The van der Waals surface area contributed by atoms with Gasteiger partial charge in [0.1, 0.15) is 5.82 Å². The number of nitrogens with one attached hydrogen (secondary N) is 2. The van der Waals surface area contributed by atoms with Crippen LogP contribution in [0.2, 0.25) is 5.02 Å². The van der Waals surface area contributed by atoms with E-state index in [0.717, 1.165) is 6.07 Å². The van der Waals surface area contributed by atoms with Crippen LogP contribution in [0.3, 0.4) is 0 Å². The molecule has 1 rings (SSSR count). The Hall–Kier alpha value is -1.57. The number of hydrogen-bond acceptors (Lipinski definition) is 2. The average molecular weight is 241 g/mol. The Labute approximate surface area is 98.0 Å². The number of anilines is 1. The Morgan fingerprint density at radius 2 is 2.31 bits per heavy atom. The molecule has 1 aromatic rings. The summed E-state index contributed by atoms with van der Waals surface area (Å²) >= 11 is 5.57. The molecule has 0 unspecified atom stereocenters. The van der Waals surface area contributed by atoms with Crippen molar-refractivity contribution in [1.82, 2.24) is 5.32 Å². The smallest absolute Gasteiger partial charge is 0.238 e. The van der Waals surface area contributed by atoms with Gasteiger partial charge in [-0.3, -0.25) is 10.1 Å². The average Bonchev–Trinajstić information content (AvgIpc) is 2.23. The zero-order valence-corrected chi connectivity index (χ0v) is 9.14. The number of carbonyl (C=O) groups excluding carboxylic acids is 1. The van der Waals surface area contributed by atoms with E-state index in [1.807, 2.05) is 0 Å². The molecule has 0 radical (unpaired) electrons. The van der Waals surface area contributed by atoms with E-state index in [-0.39, 0.29) is 29.7 Å². The fourth-order valence-electron chi connectivity index (χ4n) is 1.03. The van der Waals surface area contributed by atoms with Crippen LogP contribution in [-0.4, -0.2) is 19.0 Å². The van der Waals surface area contributed by atoms with Gasteiger partial charge in [-0.1, -0.05) is 17.5 Å². The van der Waals surface area contributed by atoms with Gasteiger partial charge in [-0.25, -0.2) is 4.39 Å². The van der Waals surface area contributed by atoms with Crippen molar-refractivity contribution < 1.29 is 9.18 Å². The summed E-state index contributed by atoms with van der Waals surface area (Å²) in [6.45, 7) is 0.322. The minimum absolute atomic E-state index is 0.0340. The van der Waals surface area contributed by atoms with E-state index in [0.29, 0.717) is 0 Å². The summed E-state index contributed by atoms with van der Waals surface area (Å²) in [5, 5.41) is 5.36. The quantitative estimate of drug-likeness (QED) is 0.621. The first-order valence-corrected chi connectivity index (χ1v) is 4.90. The van der Waals surface area contributed by atoms with E-state index in [2.05, 4.69) is 16.6 Å². The Kier molecular flexibility index (Phi) is 4.77. The molecule has 2 N–H and O–H groups in total. The molecule has 0 heterocycles. The number of amides is 1. The molecule has 0 atom stereocenters. The van der Waals surface area contributed by atoms with E-state index >= 15 is 0 Å². The second kappa shape index (κ2) is 6.11. The molecule has 0 fully saturated rings. The largest absolute Gasteiger partial charge is 0.322 e. The molecule has 5 heteroatoms. The molecule has 0 aliphatic carbocycles. The summed E-state index contributed by atoms with van der Waals surface area (Å²) in [5.41, 5.74) is 0.0944. The third-order valence-corrected chi connectivity index (χ3v) is 1.95. The lowest BCUT2D eigenvalue weighted by Crippen LogP contribution is -2.28. The second-order valence-corrected chi connectivity index (χ2v) is 3.42.